The van der Waals surface area contributed by atoms with Crippen LogP contribution in [-0.2, 0) is 21.1 Å². The Morgan fingerprint density at radius 1 is 1.06 bits per heavy atom. The lowest BCUT2D eigenvalue weighted by Gasteiger charge is -2.26. The molecule has 1 atom stereocenters. The number of fused-ring (bicyclic) bond motifs is 2. The predicted octanol–water partition coefficient (Wildman–Crippen LogP) is 3.95. The van der Waals surface area contributed by atoms with Crippen molar-refractivity contribution < 1.29 is 22.7 Å². The molecule has 1 aromatic heterocycles. The summed E-state index contributed by atoms with van der Waals surface area (Å²) in [7, 11) is -3.90. The summed E-state index contributed by atoms with van der Waals surface area (Å²) in [5.74, 6) is -0.627. The zero-order valence-electron chi connectivity index (χ0n) is 17.2. The van der Waals surface area contributed by atoms with E-state index in [9.17, 15) is 18.0 Å². The van der Waals surface area contributed by atoms with Crippen LogP contribution in [0.1, 0.15) is 44.0 Å². The highest BCUT2D eigenvalue weighted by molar-refractivity contribution is 7.91. The van der Waals surface area contributed by atoms with E-state index in [1.807, 2.05) is 17.5 Å². The second kappa shape index (κ2) is 8.27. The van der Waals surface area contributed by atoms with Crippen LogP contribution in [0.25, 0.3) is 0 Å². The van der Waals surface area contributed by atoms with E-state index in [-0.39, 0.29) is 44.3 Å². The molecular formula is C24H21NO5S2. The first-order valence-corrected chi connectivity index (χ1v) is 12.8. The van der Waals surface area contributed by atoms with Crippen LogP contribution in [0.5, 0.6) is 0 Å². The maximum Gasteiger partial charge on any atom is 0.254 e. The van der Waals surface area contributed by atoms with Gasteiger partial charge in [-0.15, -0.1) is 11.3 Å². The molecule has 0 radical (unpaired) electrons. The van der Waals surface area contributed by atoms with E-state index in [1.54, 1.807) is 34.4 Å². The predicted molar refractivity (Wildman–Crippen MR) is 120 cm³/mol. The SMILES string of the molecule is O=C1c2ccccc2S(=O)(=O)c2cc(C(=O)N(Cc3cccs3)CC3CCCO3)ccc21. The third-order valence-electron chi connectivity index (χ3n) is 5.85. The standard InChI is InChI=1S/C24H21NO5S2/c26-23-19-7-1-2-8-21(19)32(28,29)22-13-16(9-10-20(22)23)24(27)25(14-17-5-3-11-30-17)15-18-6-4-12-31-18/h1-2,4,6-10,12-13,17H,3,5,11,14-15H2. The molecule has 5 rings (SSSR count). The average Bonchev–Trinajstić information content (AvgIpc) is 3.51. The highest BCUT2D eigenvalue weighted by Crippen LogP contribution is 2.35. The molecule has 3 heterocycles. The third-order valence-corrected chi connectivity index (χ3v) is 8.56. The number of hydrogen-bond donors (Lipinski definition) is 0. The van der Waals surface area contributed by atoms with Crippen molar-refractivity contribution in [3.63, 3.8) is 0 Å². The average molecular weight is 468 g/mol. The van der Waals surface area contributed by atoms with Gasteiger partial charge in [0, 0.05) is 34.7 Å². The van der Waals surface area contributed by atoms with Crippen molar-refractivity contribution in [1.29, 1.82) is 0 Å². The number of rotatable bonds is 5. The summed E-state index contributed by atoms with van der Waals surface area (Å²) in [6.45, 7) is 1.54. The quantitative estimate of drug-likeness (QED) is 0.444. The van der Waals surface area contributed by atoms with Gasteiger partial charge in [-0.1, -0.05) is 18.2 Å². The number of sulfone groups is 1. The fraction of sp³-hybridized carbons (Fsp3) is 0.250. The number of amides is 1. The van der Waals surface area contributed by atoms with Crippen molar-refractivity contribution in [1.82, 2.24) is 4.90 Å². The molecule has 0 bridgehead atoms. The van der Waals surface area contributed by atoms with Gasteiger partial charge in [-0.2, -0.15) is 0 Å². The zero-order valence-corrected chi connectivity index (χ0v) is 18.8. The lowest BCUT2D eigenvalue weighted by Crippen LogP contribution is -2.37. The minimum atomic E-state index is -3.90. The number of nitrogens with zero attached hydrogens (tertiary/aromatic N) is 1. The first-order valence-electron chi connectivity index (χ1n) is 10.4. The van der Waals surface area contributed by atoms with Gasteiger partial charge < -0.3 is 9.64 Å². The minimum Gasteiger partial charge on any atom is -0.376 e. The maximum absolute atomic E-state index is 13.5. The van der Waals surface area contributed by atoms with Crippen molar-refractivity contribution in [2.45, 2.75) is 35.3 Å². The van der Waals surface area contributed by atoms with Crippen LogP contribution in [0.2, 0.25) is 0 Å². The topological polar surface area (TPSA) is 80.8 Å². The van der Waals surface area contributed by atoms with Gasteiger partial charge in [0.25, 0.3) is 5.91 Å². The Morgan fingerprint density at radius 2 is 1.88 bits per heavy atom. The van der Waals surface area contributed by atoms with Crippen molar-refractivity contribution in [3.8, 4) is 0 Å². The van der Waals surface area contributed by atoms with Crippen LogP contribution in [-0.4, -0.2) is 44.3 Å². The Labute approximate surface area is 190 Å². The van der Waals surface area contributed by atoms with Crippen molar-refractivity contribution in [2.24, 2.45) is 0 Å². The number of ether oxygens (including phenoxy) is 1. The summed E-state index contributed by atoms with van der Waals surface area (Å²) in [5, 5.41) is 1.96. The molecular weight excluding hydrogens is 446 g/mol. The summed E-state index contributed by atoms with van der Waals surface area (Å²) < 4.78 is 32.2. The monoisotopic (exact) mass is 467 g/mol. The summed E-state index contributed by atoms with van der Waals surface area (Å²) in [4.78, 5) is 29.0. The highest BCUT2D eigenvalue weighted by atomic mass is 32.2. The van der Waals surface area contributed by atoms with Crippen LogP contribution in [0.4, 0.5) is 0 Å². The van der Waals surface area contributed by atoms with Gasteiger partial charge in [0.1, 0.15) is 0 Å². The highest BCUT2D eigenvalue weighted by Gasteiger charge is 2.35. The molecule has 1 saturated heterocycles. The number of thiophene rings is 1. The molecule has 2 aliphatic heterocycles. The normalized spacial score (nSPS) is 18.8. The van der Waals surface area contributed by atoms with E-state index >= 15 is 0 Å². The Hall–Kier alpha value is -2.81. The molecule has 0 spiro atoms. The Kier molecular flexibility index (Phi) is 5.44. The molecule has 0 saturated carbocycles. The number of benzene rings is 2. The maximum atomic E-state index is 13.5. The van der Waals surface area contributed by atoms with Gasteiger partial charge in [0.05, 0.1) is 22.4 Å². The number of ketones is 1. The van der Waals surface area contributed by atoms with Crippen LogP contribution >= 0.6 is 11.3 Å². The number of carbonyl (C=O) groups is 2. The molecule has 32 heavy (non-hydrogen) atoms. The zero-order chi connectivity index (χ0) is 22.3. The smallest absolute Gasteiger partial charge is 0.254 e. The number of carbonyl (C=O) groups excluding carboxylic acids is 2. The van der Waals surface area contributed by atoms with E-state index < -0.39 is 9.84 Å². The molecule has 1 fully saturated rings. The lowest BCUT2D eigenvalue weighted by atomic mass is 10.0. The van der Waals surface area contributed by atoms with Crippen LogP contribution < -0.4 is 0 Å². The summed E-state index contributed by atoms with van der Waals surface area (Å²) in [5.41, 5.74) is 0.509. The van der Waals surface area contributed by atoms with Crippen molar-refractivity contribution in [3.05, 3.63) is 81.5 Å². The molecule has 0 aliphatic carbocycles. The van der Waals surface area contributed by atoms with Gasteiger partial charge in [-0.25, -0.2) is 8.42 Å². The van der Waals surface area contributed by atoms with E-state index in [0.717, 1.165) is 17.7 Å². The first-order chi connectivity index (χ1) is 15.4. The van der Waals surface area contributed by atoms with Crippen LogP contribution in [0.3, 0.4) is 0 Å². The van der Waals surface area contributed by atoms with Crippen molar-refractivity contribution in [2.75, 3.05) is 13.2 Å². The Morgan fingerprint density at radius 3 is 2.62 bits per heavy atom. The van der Waals surface area contributed by atoms with Gasteiger partial charge in [0.15, 0.2) is 5.78 Å². The summed E-state index contributed by atoms with van der Waals surface area (Å²) in [6.07, 6.45) is 1.82. The van der Waals surface area contributed by atoms with E-state index in [2.05, 4.69) is 0 Å². The molecule has 0 N–H and O–H groups in total. The molecule has 3 aromatic rings. The fourth-order valence-corrected chi connectivity index (χ4v) is 6.64. The van der Waals surface area contributed by atoms with Gasteiger partial charge in [0.2, 0.25) is 9.84 Å². The molecule has 6 nitrogen and oxygen atoms in total. The summed E-state index contributed by atoms with van der Waals surface area (Å²) >= 11 is 1.56. The molecule has 1 unspecified atom stereocenters. The number of hydrogen-bond acceptors (Lipinski definition) is 6. The lowest BCUT2D eigenvalue weighted by molar-refractivity contribution is 0.0509. The van der Waals surface area contributed by atoms with Crippen LogP contribution in [0, 0.1) is 0 Å². The first kappa shape index (κ1) is 21.1. The molecule has 164 valence electrons. The molecule has 8 heteroatoms. The third kappa shape index (κ3) is 3.68. The molecule has 1 amide bonds. The minimum absolute atomic E-state index is 0.0168. The fourth-order valence-electron chi connectivity index (χ4n) is 4.24. The molecule has 2 aromatic carbocycles. The Bertz CT molecular complexity index is 1290. The van der Waals surface area contributed by atoms with Crippen molar-refractivity contribution >= 4 is 32.9 Å². The largest absolute Gasteiger partial charge is 0.376 e. The second-order valence-electron chi connectivity index (χ2n) is 7.94. The van der Waals surface area contributed by atoms with E-state index in [1.165, 1.54) is 24.3 Å². The summed E-state index contributed by atoms with van der Waals surface area (Å²) in [6, 6.07) is 14.4. The Balaban J connectivity index is 1.51. The van der Waals surface area contributed by atoms with Gasteiger partial charge >= 0.3 is 0 Å². The van der Waals surface area contributed by atoms with E-state index in [4.69, 9.17) is 4.74 Å². The molecule has 2 aliphatic rings. The van der Waals surface area contributed by atoms with Gasteiger partial charge in [-0.05, 0) is 54.6 Å². The van der Waals surface area contributed by atoms with E-state index in [0.29, 0.717) is 19.7 Å². The van der Waals surface area contributed by atoms with Crippen LogP contribution in [0.15, 0.2) is 69.8 Å². The van der Waals surface area contributed by atoms with Gasteiger partial charge in [-0.3, -0.25) is 9.59 Å². The second-order valence-corrected chi connectivity index (χ2v) is 10.9.